The highest BCUT2D eigenvalue weighted by Gasteiger charge is 2.32. The maximum absolute atomic E-state index is 6.51. The van der Waals surface area contributed by atoms with Crippen LogP contribution in [-0.2, 0) is 4.74 Å². The summed E-state index contributed by atoms with van der Waals surface area (Å²) in [5.41, 5.74) is 0.780. The zero-order chi connectivity index (χ0) is 16.9. The molecule has 0 fully saturated rings. The highest BCUT2D eigenvalue weighted by atomic mass is 16.5. The molecule has 0 heterocycles. The number of ether oxygens (including phenoxy) is 1. The van der Waals surface area contributed by atoms with Gasteiger partial charge in [-0.15, -0.1) is 0 Å². The molecule has 0 radical (unpaired) electrons. The van der Waals surface area contributed by atoms with E-state index >= 15 is 0 Å². The van der Waals surface area contributed by atoms with Gasteiger partial charge >= 0.3 is 0 Å². The van der Waals surface area contributed by atoms with Gasteiger partial charge in [-0.3, -0.25) is 0 Å². The van der Waals surface area contributed by atoms with Gasteiger partial charge in [-0.1, -0.05) is 54.4 Å². The molecule has 0 bridgehead atoms. The Bertz CT molecular complexity index is 267. The van der Waals surface area contributed by atoms with Crippen LogP contribution in [0, 0.1) is 10.8 Å². The smallest absolute Gasteiger partial charge is 0.0634 e. The molecular formula is C20H42O. The van der Waals surface area contributed by atoms with Crippen LogP contribution in [0.5, 0.6) is 0 Å². The number of hydrogen-bond donors (Lipinski definition) is 0. The van der Waals surface area contributed by atoms with Gasteiger partial charge in [0.1, 0.15) is 0 Å². The van der Waals surface area contributed by atoms with Crippen LogP contribution >= 0.6 is 0 Å². The molecule has 0 aromatic carbocycles. The second-order valence-electron chi connectivity index (χ2n) is 9.66. The molecule has 0 amide bonds. The predicted molar refractivity (Wildman–Crippen MR) is 95.9 cm³/mol. The Morgan fingerprint density at radius 2 is 0.810 bits per heavy atom. The fourth-order valence-corrected chi connectivity index (χ4v) is 2.48. The highest BCUT2D eigenvalue weighted by molar-refractivity contribution is 4.82. The van der Waals surface area contributed by atoms with Gasteiger partial charge in [-0.25, -0.2) is 0 Å². The minimum absolute atomic E-state index is 0.0354. The summed E-state index contributed by atoms with van der Waals surface area (Å²) in [6.45, 7) is 23.0. The minimum Gasteiger partial charge on any atom is -0.370 e. The van der Waals surface area contributed by atoms with Gasteiger partial charge < -0.3 is 4.74 Å². The maximum atomic E-state index is 6.51. The lowest BCUT2D eigenvalue weighted by Gasteiger charge is -2.39. The van der Waals surface area contributed by atoms with E-state index < -0.39 is 0 Å². The zero-order valence-corrected chi connectivity index (χ0v) is 16.7. The van der Waals surface area contributed by atoms with E-state index in [4.69, 9.17) is 4.74 Å². The molecule has 0 unspecified atom stereocenters. The molecule has 0 atom stereocenters. The molecule has 0 saturated heterocycles. The minimum atomic E-state index is -0.0354. The summed E-state index contributed by atoms with van der Waals surface area (Å²) >= 11 is 0. The first kappa shape index (κ1) is 21.0. The van der Waals surface area contributed by atoms with Crippen LogP contribution in [0.2, 0.25) is 0 Å². The summed E-state index contributed by atoms with van der Waals surface area (Å²) in [7, 11) is 0. The Balaban J connectivity index is 4.47. The lowest BCUT2D eigenvalue weighted by molar-refractivity contribution is -0.135. The van der Waals surface area contributed by atoms with Crippen LogP contribution in [0.1, 0.15) is 108 Å². The summed E-state index contributed by atoms with van der Waals surface area (Å²) in [5.74, 6) is 0. The normalized spacial score (nSPS) is 14.6. The summed E-state index contributed by atoms with van der Waals surface area (Å²) in [6.07, 6.45) is 7.19. The van der Waals surface area contributed by atoms with Crippen LogP contribution < -0.4 is 0 Å². The molecule has 1 heteroatoms. The van der Waals surface area contributed by atoms with E-state index in [9.17, 15) is 0 Å². The second-order valence-corrected chi connectivity index (χ2v) is 9.66. The molecule has 128 valence electrons. The number of hydrogen-bond acceptors (Lipinski definition) is 1. The van der Waals surface area contributed by atoms with Crippen LogP contribution in [0.3, 0.4) is 0 Å². The summed E-state index contributed by atoms with van der Waals surface area (Å²) in [6, 6.07) is 0. The van der Waals surface area contributed by atoms with E-state index in [1.165, 1.54) is 25.7 Å². The molecule has 0 aromatic heterocycles. The van der Waals surface area contributed by atoms with E-state index in [2.05, 4.69) is 69.2 Å². The quantitative estimate of drug-likeness (QED) is 0.422. The van der Waals surface area contributed by atoms with Crippen LogP contribution in [0.15, 0.2) is 0 Å². The molecule has 0 N–H and O–H groups in total. The van der Waals surface area contributed by atoms with E-state index in [0.717, 1.165) is 12.8 Å². The van der Waals surface area contributed by atoms with Crippen molar-refractivity contribution in [2.24, 2.45) is 10.8 Å². The van der Waals surface area contributed by atoms with Gasteiger partial charge in [0.15, 0.2) is 0 Å². The van der Waals surface area contributed by atoms with Crippen molar-refractivity contribution in [3.63, 3.8) is 0 Å². The molecule has 0 spiro atoms. The summed E-state index contributed by atoms with van der Waals surface area (Å²) in [5, 5.41) is 0. The molecule has 0 aliphatic rings. The first-order valence-electron chi connectivity index (χ1n) is 8.94. The lowest BCUT2D eigenvalue weighted by atomic mass is 9.80. The zero-order valence-electron chi connectivity index (χ0n) is 16.7. The first-order valence-corrected chi connectivity index (χ1v) is 8.94. The van der Waals surface area contributed by atoms with Gasteiger partial charge in [-0.2, -0.15) is 0 Å². The lowest BCUT2D eigenvalue weighted by Crippen LogP contribution is -2.38. The number of rotatable bonds is 10. The van der Waals surface area contributed by atoms with Crippen LogP contribution in [0.25, 0.3) is 0 Å². The monoisotopic (exact) mass is 298 g/mol. The second kappa shape index (κ2) is 7.49. The van der Waals surface area contributed by atoms with E-state index in [1.54, 1.807) is 0 Å². The van der Waals surface area contributed by atoms with Crippen molar-refractivity contribution in [3.8, 4) is 0 Å². The van der Waals surface area contributed by atoms with Gasteiger partial charge in [-0.05, 0) is 64.2 Å². The fraction of sp³-hybridized carbons (Fsp3) is 1.00. The van der Waals surface area contributed by atoms with Gasteiger partial charge in [0, 0.05) is 0 Å². The molecule has 0 saturated carbocycles. The Hall–Kier alpha value is -0.0400. The summed E-state index contributed by atoms with van der Waals surface area (Å²) < 4.78 is 6.51. The average molecular weight is 299 g/mol. The Morgan fingerprint density at radius 1 is 0.524 bits per heavy atom. The van der Waals surface area contributed by atoms with Crippen molar-refractivity contribution in [1.29, 1.82) is 0 Å². The van der Waals surface area contributed by atoms with Crippen molar-refractivity contribution in [2.45, 2.75) is 119 Å². The molecule has 21 heavy (non-hydrogen) atoms. The van der Waals surface area contributed by atoms with E-state index in [0.29, 0.717) is 10.8 Å². The fourth-order valence-electron chi connectivity index (χ4n) is 2.48. The van der Waals surface area contributed by atoms with Gasteiger partial charge in [0.05, 0.1) is 11.2 Å². The Kier molecular flexibility index (Phi) is 7.47. The molecule has 1 nitrogen and oxygen atoms in total. The molecule has 0 rings (SSSR count). The van der Waals surface area contributed by atoms with Gasteiger partial charge in [0.2, 0.25) is 0 Å². The van der Waals surface area contributed by atoms with E-state index in [1.807, 2.05) is 0 Å². The third-order valence-electron chi connectivity index (χ3n) is 5.27. The third kappa shape index (κ3) is 9.55. The molecule has 0 aromatic rings. The Morgan fingerprint density at radius 3 is 1.05 bits per heavy atom. The SMILES string of the molecule is CCC(C)(C)CCC(C)(C)OC(C)(C)CCC(C)(C)CC. The van der Waals surface area contributed by atoms with Crippen LogP contribution in [-0.4, -0.2) is 11.2 Å². The van der Waals surface area contributed by atoms with Crippen molar-refractivity contribution in [3.05, 3.63) is 0 Å². The van der Waals surface area contributed by atoms with Crippen molar-refractivity contribution < 1.29 is 4.74 Å². The molecule has 0 aliphatic carbocycles. The summed E-state index contributed by atoms with van der Waals surface area (Å²) in [4.78, 5) is 0. The third-order valence-corrected chi connectivity index (χ3v) is 5.27. The Labute approximate surface area is 135 Å². The topological polar surface area (TPSA) is 9.23 Å². The van der Waals surface area contributed by atoms with Crippen molar-refractivity contribution in [2.75, 3.05) is 0 Å². The predicted octanol–water partition coefficient (Wildman–Crippen LogP) is 6.99. The van der Waals surface area contributed by atoms with E-state index in [-0.39, 0.29) is 11.2 Å². The van der Waals surface area contributed by atoms with Crippen molar-refractivity contribution >= 4 is 0 Å². The maximum Gasteiger partial charge on any atom is 0.0634 e. The average Bonchev–Trinajstić information content (AvgIpc) is 2.34. The standard InChI is InChI=1S/C20H42O/c1-11-17(3,4)13-15-19(7,8)21-20(9,10)16-14-18(5,6)12-2/h11-16H2,1-10H3. The first-order chi connectivity index (χ1) is 9.24. The van der Waals surface area contributed by atoms with Crippen molar-refractivity contribution in [1.82, 2.24) is 0 Å². The largest absolute Gasteiger partial charge is 0.370 e. The molecular weight excluding hydrogens is 256 g/mol. The highest BCUT2D eigenvalue weighted by Crippen LogP contribution is 2.36. The molecule has 0 aliphatic heterocycles. The van der Waals surface area contributed by atoms with Gasteiger partial charge in [0.25, 0.3) is 0 Å². The van der Waals surface area contributed by atoms with Crippen LogP contribution in [0.4, 0.5) is 0 Å².